The molecule has 0 saturated carbocycles. The van der Waals surface area contributed by atoms with Crippen LogP contribution in [-0.2, 0) is 39.3 Å². The topological polar surface area (TPSA) is 85.9 Å². The highest BCUT2D eigenvalue weighted by Crippen LogP contribution is 2.33. The number of ether oxygens (including phenoxy) is 4. The summed E-state index contributed by atoms with van der Waals surface area (Å²) >= 11 is 0. The molecule has 0 bridgehead atoms. The molecule has 12 aromatic rings. The molecule has 23 heteroatoms. The summed E-state index contributed by atoms with van der Waals surface area (Å²) in [7, 11) is 30.8. The molecule has 6 heterocycles. The molecule has 6 atom stereocenters. The third kappa shape index (κ3) is 21.2. The Morgan fingerprint density at radius 2 is 0.717 bits per heavy atom. The fourth-order valence-corrected chi connectivity index (χ4v) is 11.9. The molecule has 0 aliphatic carbocycles. The van der Waals surface area contributed by atoms with Gasteiger partial charge in [-0.2, -0.15) is 0 Å². The Kier molecular flexibility index (Phi) is 30.2. The molecular weight excluding hydrogens is 1360 g/mol. The van der Waals surface area contributed by atoms with Gasteiger partial charge in [-0.15, -0.1) is 0 Å². The molecule has 0 radical (unpaired) electrons. The van der Waals surface area contributed by atoms with E-state index in [-0.39, 0.29) is 40.9 Å². The summed E-state index contributed by atoms with van der Waals surface area (Å²) < 4.78 is 127. The predicted octanol–water partition coefficient (Wildman–Crippen LogP) is 16.9. The van der Waals surface area contributed by atoms with E-state index in [9.17, 15) is 30.7 Å². The van der Waals surface area contributed by atoms with Gasteiger partial charge >= 0.3 is 0 Å². The van der Waals surface area contributed by atoms with E-state index in [1.807, 2.05) is 123 Å². The lowest BCUT2D eigenvalue weighted by molar-refractivity contribution is 0.273. The largest absolute Gasteiger partial charge is 0.495 e. The third-order valence-corrected chi connectivity index (χ3v) is 20.1. The molecule has 0 saturated heterocycles. The fraction of sp³-hybridized carbons (Fsp3) is 0.422. The van der Waals surface area contributed by atoms with Crippen LogP contribution in [0.1, 0.15) is 47.1 Å². The van der Waals surface area contributed by atoms with E-state index in [4.69, 9.17) is 18.9 Å². The second-order valence-electron chi connectivity index (χ2n) is 28.7. The number of methoxy groups -OCH3 is 4. The fourth-order valence-electron chi connectivity index (χ4n) is 11.9. The first-order valence-corrected chi connectivity index (χ1v) is 35.6. The number of rotatable bonds is 22. The Morgan fingerprint density at radius 3 is 1.22 bits per heavy atom. The van der Waals surface area contributed by atoms with Gasteiger partial charge < -0.3 is 75.7 Å². The zero-order valence-electron chi connectivity index (χ0n) is 66.2. The Bertz CT molecular complexity index is 4760. The highest BCUT2D eigenvalue weighted by atomic mass is 19.2. The van der Waals surface area contributed by atoms with E-state index in [0.29, 0.717) is 53.6 Å². The number of benzene rings is 6. The van der Waals surface area contributed by atoms with E-state index < -0.39 is 5.82 Å². The first-order valence-electron chi connectivity index (χ1n) is 35.6. The second-order valence-corrected chi connectivity index (χ2v) is 28.7. The normalized spacial score (nSPS) is 13.3. The second kappa shape index (κ2) is 38.0. The monoisotopic (exact) mass is 1470 g/mol. The van der Waals surface area contributed by atoms with Gasteiger partial charge in [-0.1, -0.05) is 0 Å². The van der Waals surface area contributed by atoms with Crippen LogP contribution in [0.2, 0.25) is 0 Å². The van der Waals surface area contributed by atoms with Gasteiger partial charge in [0.1, 0.15) is 46.4 Å². The molecule has 12 rings (SSSR count). The number of nitrogens with zero attached hydrogens (tertiary/aromatic N) is 12. The number of fused-ring (bicyclic) bond motifs is 6. The van der Waals surface area contributed by atoms with Gasteiger partial charge in [0.25, 0.3) is 0 Å². The summed E-state index contributed by atoms with van der Waals surface area (Å²) in [6.45, 7) is 19.7. The maximum Gasteiger partial charge on any atom is 0.194 e. The van der Waals surface area contributed by atoms with Crippen LogP contribution in [0.3, 0.4) is 0 Å². The van der Waals surface area contributed by atoms with Crippen molar-refractivity contribution in [3.8, 4) is 23.1 Å². The Labute approximate surface area is 621 Å². The molecular formula is C83H111F7N12O4. The predicted molar refractivity (Wildman–Crippen MR) is 421 cm³/mol. The van der Waals surface area contributed by atoms with Crippen LogP contribution >= 0.6 is 0 Å². The van der Waals surface area contributed by atoms with Crippen molar-refractivity contribution in [3.63, 3.8) is 0 Å². The lowest BCUT2D eigenvalue weighted by Gasteiger charge is -2.21. The summed E-state index contributed by atoms with van der Waals surface area (Å²) in [6, 6.07) is 33.5. The SMILES string of the molecule is COc1c(F)ccc2c1ccn2C[C@@H](C)N(C)C.COc1cc(F)cc2ccn(C[C@@H](C)N(C)C)c12.COc1cc2cc(F)ccc2n1C[C@@H](C)N(C)C.COc1cn(C[C@@H](C)N(C)C)c2ccc(F)cc12.C[C@H](Cn1cc(F)c2cc(F)ccc21)N(C)C.Cc1c(F)ccc2c1ccn2C[C@@H](C)N(C)C. The summed E-state index contributed by atoms with van der Waals surface area (Å²) in [5.74, 6) is 0.448. The molecule has 0 aliphatic heterocycles. The smallest absolute Gasteiger partial charge is 0.194 e. The van der Waals surface area contributed by atoms with Crippen LogP contribution in [0.4, 0.5) is 30.7 Å². The summed E-state index contributed by atoms with van der Waals surface area (Å²) in [4.78, 5) is 12.9. The minimum atomic E-state index is -0.408. The van der Waals surface area contributed by atoms with Gasteiger partial charge in [-0.05, 0) is 242 Å². The van der Waals surface area contributed by atoms with Crippen LogP contribution in [0.15, 0.2) is 146 Å². The maximum absolute atomic E-state index is 13.6. The molecule has 0 spiro atoms. The van der Waals surface area contributed by atoms with Crippen molar-refractivity contribution in [1.29, 1.82) is 0 Å². The van der Waals surface area contributed by atoms with Crippen molar-refractivity contribution >= 4 is 65.4 Å². The van der Waals surface area contributed by atoms with E-state index in [1.54, 1.807) is 51.7 Å². The number of aromatic nitrogens is 6. The molecule has 16 nitrogen and oxygen atoms in total. The van der Waals surface area contributed by atoms with E-state index in [1.165, 1.54) is 67.9 Å². The average molecular weight is 1470 g/mol. The minimum Gasteiger partial charge on any atom is -0.495 e. The molecule has 576 valence electrons. The highest BCUT2D eigenvalue weighted by molar-refractivity contribution is 5.89. The molecule has 0 amide bonds. The van der Waals surface area contributed by atoms with Crippen LogP contribution in [0, 0.1) is 47.6 Å². The Balaban J connectivity index is 0.000000178. The van der Waals surface area contributed by atoms with Crippen molar-refractivity contribution in [2.75, 3.05) is 113 Å². The molecule has 6 aromatic heterocycles. The number of halogens is 7. The summed E-state index contributed by atoms with van der Waals surface area (Å²) in [5, 5.41) is 4.74. The van der Waals surface area contributed by atoms with Crippen LogP contribution in [-0.4, -0.2) is 206 Å². The van der Waals surface area contributed by atoms with Crippen molar-refractivity contribution in [2.24, 2.45) is 0 Å². The van der Waals surface area contributed by atoms with Crippen molar-refractivity contribution in [3.05, 3.63) is 193 Å². The summed E-state index contributed by atoms with van der Waals surface area (Å²) in [6.07, 6.45) is 9.37. The zero-order chi connectivity index (χ0) is 78.3. The Morgan fingerprint density at radius 1 is 0.321 bits per heavy atom. The van der Waals surface area contributed by atoms with E-state index >= 15 is 0 Å². The average Bonchev–Trinajstić information content (AvgIpc) is 1.66. The van der Waals surface area contributed by atoms with Crippen molar-refractivity contribution in [1.82, 2.24) is 56.8 Å². The van der Waals surface area contributed by atoms with Crippen LogP contribution in [0.25, 0.3) is 65.4 Å². The van der Waals surface area contributed by atoms with Crippen molar-refractivity contribution in [2.45, 2.75) is 124 Å². The standard InChI is InChI=1S/4C14H19FN2O.C14H19FN2.C13H16F2N2/c1-10(16(2)3)9-17-13-6-5-12(15)7-11(13)8-14(17)18-4;1-10(16(2)3)9-17-6-5-11-7-12(15)8-13(18-4)14(11)17;1-10(16(2)3)8-17-9-14(18-4)12-7-11(15)5-6-13(12)17;1-10(16(2)3)9-17-8-7-11-13(17)6-5-12(15)14(11)18-4;1-10(16(3)4)9-17-8-7-12-11(2)13(15)5-6-14(12)17;1-9(16(2)3)7-17-8-12(15)11-6-10(14)4-5-13(11)17/h2*5-8,10H,9H2,1-4H3;5-7,9-10H,8H2,1-4H3;5-8,10H,9H2,1-4H3;5-8,10H,9H2,1-4H3;4-6,8-9H,7H2,1-3H3/t5*10-;9-/m111111/s1. The van der Waals surface area contributed by atoms with Gasteiger partial charge in [-0.3, -0.25) is 0 Å². The molecule has 106 heavy (non-hydrogen) atoms. The quantitative estimate of drug-likeness (QED) is 0.0612. The van der Waals surface area contributed by atoms with Crippen LogP contribution in [0.5, 0.6) is 23.1 Å². The lowest BCUT2D eigenvalue weighted by Crippen LogP contribution is -2.29. The number of likely N-dealkylation sites (N-methyl/N-ethyl adjacent to an activating group) is 6. The molecule has 0 unspecified atom stereocenters. The number of hydrogen-bond acceptors (Lipinski definition) is 10. The molecule has 6 aromatic carbocycles. The number of aryl methyl sites for hydroxylation is 1. The third-order valence-electron chi connectivity index (χ3n) is 20.1. The first-order chi connectivity index (χ1) is 50.1. The van der Waals surface area contributed by atoms with Gasteiger partial charge in [0.2, 0.25) is 0 Å². The van der Waals surface area contributed by atoms with Gasteiger partial charge in [-0.25, -0.2) is 30.7 Å². The number of hydrogen-bond donors (Lipinski definition) is 0. The lowest BCUT2D eigenvalue weighted by atomic mass is 10.1. The summed E-state index contributed by atoms with van der Waals surface area (Å²) in [5.41, 5.74) is 6.53. The van der Waals surface area contributed by atoms with Crippen LogP contribution < -0.4 is 18.9 Å². The minimum absolute atomic E-state index is 0.129. The van der Waals surface area contributed by atoms with Gasteiger partial charge in [0, 0.05) is 156 Å². The first kappa shape index (κ1) is 84.3. The van der Waals surface area contributed by atoms with Gasteiger partial charge in [0.05, 0.1) is 56.0 Å². The van der Waals surface area contributed by atoms with Gasteiger partial charge in [0.15, 0.2) is 17.4 Å². The van der Waals surface area contributed by atoms with E-state index in [0.717, 1.165) is 110 Å². The zero-order valence-corrected chi connectivity index (χ0v) is 66.2. The molecule has 0 fully saturated rings. The highest BCUT2D eigenvalue weighted by Gasteiger charge is 2.20. The van der Waals surface area contributed by atoms with Crippen molar-refractivity contribution < 1.29 is 49.7 Å². The molecule has 0 N–H and O–H groups in total. The van der Waals surface area contributed by atoms with E-state index in [2.05, 4.69) is 122 Å². The maximum atomic E-state index is 13.6. The molecule has 0 aliphatic rings. The Hall–Kier alpha value is -8.97.